The van der Waals surface area contributed by atoms with Crippen molar-refractivity contribution in [1.29, 1.82) is 0 Å². The fourth-order valence-corrected chi connectivity index (χ4v) is 9.97. The predicted molar refractivity (Wildman–Crippen MR) is 224 cm³/mol. The number of hydrogen-bond donors (Lipinski definition) is 3. The second kappa shape index (κ2) is 20.9. The SMILES string of the molecule is C=CCO[C@@]12Oc3ccc(OC(=O)Nc4ccc(OC)cc4OC)cc3[C@H]3[C@H](CCCCO)[C@@H](CCCCO)C=C(C(=NOCC)C[C@@H]1SCCc1cnccn1)[C@H]32. The Bertz CT molecular complexity index is 1900. The van der Waals surface area contributed by atoms with E-state index in [0.29, 0.717) is 61.0 Å². The number of oxime groups is 1. The number of unbranched alkanes of at least 4 members (excludes halogenated alkanes) is 2. The molecule has 2 heterocycles. The molecule has 2 aromatic carbocycles. The topological polar surface area (TPSA) is 163 Å². The predicted octanol–water partition coefficient (Wildman–Crippen LogP) is 7.73. The Balaban J connectivity index is 1.45. The number of ether oxygens (including phenoxy) is 5. The van der Waals surface area contributed by atoms with E-state index in [1.807, 2.05) is 19.1 Å². The first-order valence-electron chi connectivity index (χ1n) is 20.2. The van der Waals surface area contributed by atoms with Gasteiger partial charge >= 0.3 is 6.09 Å². The summed E-state index contributed by atoms with van der Waals surface area (Å²) in [7, 11) is 3.08. The van der Waals surface area contributed by atoms with Crippen molar-refractivity contribution >= 4 is 29.3 Å². The number of allylic oxidation sites excluding steroid dienone is 1. The lowest BCUT2D eigenvalue weighted by atomic mass is 9.56. The van der Waals surface area contributed by atoms with Crippen molar-refractivity contribution in [2.24, 2.45) is 22.9 Å². The van der Waals surface area contributed by atoms with Crippen LogP contribution in [-0.4, -0.2) is 89.4 Å². The molecule has 14 heteroatoms. The van der Waals surface area contributed by atoms with Gasteiger partial charge in [0.1, 0.15) is 29.6 Å². The molecule has 1 aliphatic heterocycles. The molecule has 1 saturated carbocycles. The van der Waals surface area contributed by atoms with Gasteiger partial charge in [-0.1, -0.05) is 30.1 Å². The van der Waals surface area contributed by atoms with Gasteiger partial charge in [-0.3, -0.25) is 15.3 Å². The molecular weight excluding hydrogens is 761 g/mol. The van der Waals surface area contributed by atoms with E-state index in [2.05, 4.69) is 27.9 Å². The maximum Gasteiger partial charge on any atom is 0.417 e. The van der Waals surface area contributed by atoms with Crippen LogP contribution in [0, 0.1) is 17.8 Å². The second-order valence-electron chi connectivity index (χ2n) is 14.6. The lowest BCUT2D eigenvalue weighted by molar-refractivity contribution is -0.223. The summed E-state index contributed by atoms with van der Waals surface area (Å²) in [6.45, 7) is 6.84. The number of methoxy groups -OCH3 is 2. The molecule has 0 bridgehead atoms. The zero-order chi connectivity index (χ0) is 40.9. The molecule has 0 radical (unpaired) electrons. The largest absolute Gasteiger partial charge is 0.497 e. The van der Waals surface area contributed by atoms with Crippen LogP contribution in [0.15, 0.2) is 84.4 Å². The van der Waals surface area contributed by atoms with Crippen molar-refractivity contribution in [3.05, 3.63) is 90.6 Å². The van der Waals surface area contributed by atoms with E-state index in [1.54, 1.807) is 67.8 Å². The average Bonchev–Trinajstić information content (AvgIpc) is 3.24. The number of anilines is 1. The number of thioether (sulfide) groups is 1. The van der Waals surface area contributed by atoms with Crippen LogP contribution in [0.5, 0.6) is 23.0 Å². The molecule has 1 aromatic heterocycles. The molecule has 1 fully saturated rings. The van der Waals surface area contributed by atoms with Gasteiger partial charge in [0.05, 0.1) is 49.1 Å². The van der Waals surface area contributed by atoms with Gasteiger partial charge in [0.25, 0.3) is 0 Å². The number of carbonyl (C=O) groups excluding carboxylic acids is 1. The Kier molecular flexibility index (Phi) is 15.5. The summed E-state index contributed by atoms with van der Waals surface area (Å²) in [4.78, 5) is 28.0. The minimum Gasteiger partial charge on any atom is -0.497 e. The maximum absolute atomic E-state index is 13.4. The fourth-order valence-electron chi connectivity index (χ4n) is 8.59. The van der Waals surface area contributed by atoms with Crippen LogP contribution in [0.25, 0.3) is 0 Å². The highest BCUT2D eigenvalue weighted by Crippen LogP contribution is 2.62. The number of aliphatic hydroxyl groups is 2. The molecule has 2 aliphatic carbocycles. The van der Waals surface area contributed by atoms with E-state index in [1.165, 1.54) is 7.11 Å². The number of nitrogens with one attached hydrogen (secondary N) is 1. The first-order chi connectivity index (χ1) is 28.4. The van der Waals surface area contributed by atoms with E-state index in [4.69, 9.17) is 33.7 Å². The number of nitrogens with zero attached hydrogens (tertiary/aromatic N) is 3. The summed E-state index contributed by atoms with van der Waals surface area (Å²) in [6.07, 6.45) is 14.6. The fraction of sp³-hybridized carbons (Fsp3) is 0.500. The highest BCUT2D eigenvalue weighted by Gasteiger charge is 2.64. The molecule has 6 rings (SSSR count). The number of fused-ring (bicyclic) bond motifs is 2. The van der Waals surface area contributed by atoms with Gasteiger partial charge in [-0.05, 0) is 86.1 Å². The summed E-state index contributed by atoms with van der Waals surface area (Å²) in [5.74, 6) is 1.38. The monoisotopic (exact) mass is 816 g/mol. The minimum atomic E-state index is -1.12. The first kappa shape index (κ1) is 43.0. The number of hydrogen-bond acceptors (Lipinski definition) is 13. The maximum atomic E-state index is 13.4. The standard InChI is InChI=1S/C44H56N4O9S/c1-5-22-54-44-40(58-23-17-30-28-45-18-19-46-30)27-37(48-55-6-2)34-24-29(11-7-9-20-49)33(12-8-10-21-50)41(42(34)44)35-25-32(14-16-38(35)57-44)56-43(51)47-36-15-13-31(52-3)26-39(36)53-4/h5,13-16,18-19,24-26,28-29,33,40-42,49-50H,1,6-12,17,20-23,27H2,2-4H3,(H,47,51)/t29-,33+,40-,41+,42+,44+/m0/s1. The van der Waals surface area contributed by atoms with Crippen LogP contribution in [-0.2, 0) is 16.0 Å². The summed E-state index contributed by atoms with van der Waals surface area (Å²) in [5.41, 5.74) is 4.13. The van der Waals surface area contributed by atoms with Gasteiger partial charge in [0, 0.05) is 62.2 Å². The van der Waals surface area contributed by atoms with Gasteiger partial charge in [-0.25, -0.2) is 4.79 Å². The molecule has 3 aromatic rings. The smallest absolute Gasteiger partial charge is 0.417 e. The van der Waals surface area contributed by atoms with E-state index in [-0.39, 0.29) is 48.7 Å². The number of benzene rings is 2. The molecule has 6 atom stereocenters. The zero-order valence-corrected chi connectivity index (χ0v) is 34.5. The summed E-state index contributed by atoms with van der Waals surface area (Å²) < 4.78 is 31.0. The Morgan fingerprint density at radius 1 is 1.07 bits per heavy atom. The lowest BCUT2D eigenvalue weighted by Crippen LogP contribution is -2.64. The molecule has 0 unspecified atom stereocenters. The van der Waals surface area contributed by atoms with Gasteiger partial charge in [0.2, 0.25) is 5.79 Å². The number of aliphatic hydroxyl groups excluding tert-OH is 2. The van der Waals surface area contributed by atoms with Gasteiger partial charge in [-0.2, -0.15) is 11.8 Å². The lowest BCUT2D eigenvalue weighted by Gasteiger charge is -2.58. The third kappa shape index (κ3) is 9.79. The van der Waals surface area contributed by atoms with Crippen LogP contribution >= 0.6 is 11.8 Å². The van der Waals surface area contributed by atoms with Gasteiger partial charge < -0.3 is 38.7 Å². The van der Waals surface area contributed by atoms with Crippen LogP contribution in [0.3, 0.4) is 0 Å². The Hall–Kier alpha value is -4.63. The van der Waals surface area contributed by atoms with E-state index < -0.39 is 11.9 Å². The first-order valence-corrected chi connectivity index (χ1v) is 21.2. The third-order valence-corrected chi connectivity index (χ3v) is 12.4. The highest BCUT2D eigenvalue weighted by molar-refractivity contribution is 8.00. The van der Waals surface area contributed by atoms with Crippen LogP contribution in [0.2, 0.25) is 0 Å². The Morgan fingerprint density at radius 3 is 2.60 bits per heavy atom. The Labute approximate surface area is 345 Å². The summed E-state index contributed by atoms with van der Waals surface area (Å²) in [5, 5.41) is 27.0. The molecule has 58 heavy (non-hydrogen) atoms. The van der Waals surface area contributed by atoms with Gasteiger partial charge in [0.15, 0.2) is 0 Å². The van der Waals surface area contributed by atoms with Gasteiger partial charge in [-0.15, -0.1) is 6.58 Å². The quantitative estimate of drug-likeness (QED) is 0.0546. The minimum absolute atomic E-state index is 0.0951. The molecule has 3 N–H and O–H groups in total. The molecular formula is C44H56N4O9S. The number of aromatic nitrogens is 2. The van der Waals surface area contributed by atoms with Crippen molar-refractivity contribution in [2.75, 3.05) is 51.7 Å². The normalized spacial score (nSPS) is 23.8. The summed E-state index contributed by atoms with van der Waals surface area (Å²) in [6, 6.07) is 10.6. The van der Waals surface area contributed by atoms with Crippen molar-refractivity contribution in [1.82, 2.24) is 9.97 Å². The van der Waals surface area contributed by atoms with Crippen LogP contribution < -0.4 is 24.3 Å². The molecule has 13 nitrogen and oxygen atoms in total. The van der Waals surface area contributed by atoms with Crippen molar-refractivity contribution in [3.63, 3.8) is 0 Å². The number of amides is 1. The molecule has 1 amide bonds. The average molecular weight is 817 g/mol. The molecule has 3 aliphatic rings. The zero-order valence-electron chi connectivity index (χ0n) is 33.6. The molecule has 312 valence electrons. The van der Waals surface area contributed by atoms with E-state index >= 15 is 0 Å². The van der Waals surface area contributed by atoms with E-state index in [0.717, 1.165) is 54.0 Å². The van der Waals surface area contributed by atoms with Crippen molar-refractivity contribution < 1.29 is 43.5 Å². The Morgan fingerprint density at radius 2 is 1.88 bits per heavy atom. The molecule has 0 saturated heterocycles. The van der Waals surface area contributed by atoms with Crippen LogP contribution in [0.4, 0.5) is 10.5 Å². The summed E-state index contributed by atoms with van der Waals surface area (Å²) >= 11 is 1.76. The number of rotatable bonds is 21. The second-order valence-corrected chi connectivity index (χ2v) is 15.9. The number of carbonyl (C=O) groups is 1. The molecule has 0 spiro atoms. The third-order valence-electron chi connectivity index (χ3n) is 11.1. The highest BCUT2D eigenvalue weighted by atomic mass is 32.2. The van der Waals surface area contributed by atoms with Crippen molar-refractivity contribution in [3.8, 4) is 23.0 Å². The van der Waals surface area contributed by atoms with E-state index in [9.17, 15) is 15.0 Å². The number of aryl methyl sites for hydroxylation is 1. The van der Waals surface area contributed by atoms with Crippen molar-refractivity contribution in [2.45, 2.75) is 75.2 Å². The van der Waals surface area contributed by atoms with Crippen LogP contribution in [0.1, 0.15) is 69.0 Å².